The number of carboxylic acid groups (broad SMARTS) is 1. The van der Waals surface area contributed by atoms with Crippen LogP contribution in [0.1, 0.15) is 24.8 Å². The van der Waals surface area contributed by atoms with Gasteiger partial charge in [0.25, 0.3) is 0 Å². The maximum atomic E-state index is 11.1. The third-order valence-electron chi connectivity index (χ3n) is 3.64. The molecule has 0 aliphatic carbocycles. The van der Waals surface area contributed by atoms with E-state index in [0.717, 1.165) is 27.9 Å². The number of furan rings is 1. The molecular weight excluding hydrogens is 264 g/mol. The molecule has 3 aromatic rings. The molecule has 0 spiro atoms. The highest BCUT2D eigenvalue weighted by Gasteiger charge is 2.22. The minimum absolute atomic E-state index is 0.0867. The summed E-state index contributed by atoms with van der Waals surface area (Å²) in [5, 5.41) is 10.1. The van der Waals surface area contributed by atoms with Crippen molar-refractivity contribution in [3.8, 4) is 11.3 Å². The summed E-state index contributed by atoms with van der Waals surface area (Å²) in [4.78, 5) is 11.1. The summed E-state index contributed by atoms with van der Waals surface area (Å²) in [5.74, 6) is -0.140. The van der Waals surface area contributed by atoms with Crippen LogP contribution >= 0.6 is 0 Å². The van der Waals surface area contributed by atoms with Gasteiger partial charge in [-0.2, -0.15) is 0 Å². The first kappa shape index (κ1) is 13.4. The van der Waals surface area contributed by atoms with Crippen LogP contribution < -0.4 is 0 Å². The van der Waals surface area contributed by atoms with Gasteiger partial charge in [0.05, 0.1) is 6.42 Å². The number of aliphatic carboxylic acids is 1. The van der Waals surface area contributed by atoms with E-state index in [1.165, 1.54) is 0 Å². The van der Waals surface area contributed by atoms with Gasteiger partial charge in [-0.25, -0.2) is 0 Å². The fourth-order valence-electron chi connectivity index (χ4n) is 2.72. The van der Waals surface area contributed by atoms with E-state index in [2.05, 4.69) is 0 Å². The molecule has 3 rings (SSSR count). The first-order chi connectivity index (χ1) is 10.2. The molecule has 0 saturated carbocycles. The molecule has 0 aliphatic heterocycles. The van der Waals surface area contributed by atoms with Crippen LogP contribution in [0.25, 0.3) is 22.3 Å². The van der Waals surface area contributed by atoms with Crippen LogP contribution in [-0.2, 0) is 4.79 Å². The lowest BCUT2D eigenvalue weighted by atomic mass is 9.92. The highest BCUT2D eigenvalue weighted by Crippen LogP contribution is 2.39. The van der Waals surface area contributed by atoms with Crippen molar-refractivity contribution in [2.45, 2.75) is 19.3 Å². The minimum atomic E-state index is -0.799. The van der Waals surface area contributed by atoms with Gasteiger partial charge in [0.1, 0.15) is 11.3 Å². The van der Waals surface area contributed by atoms with Gasteiger partial charge in [-0.1, -0.05) is 55.5 Å². The molecule has 0 bridgehead atoms. The van der Waals surface area contributed by atoms with E-state index < -0.39 is 5.97 Å². The van der Waals surface area contributed by atoms with E-state index in [4.69, 9.17) is 9.52 Å². The zero-order chi connectivity index (χ0) is 14.8. The quantitative estimate of drug-likeness (QED) is 0.755. The molecule has 0 fully saturated rings. The normalized spacial score (nSPS) is 12.4. The lowest BCUT2D eigenvalue weighted by Crippen LogP contribution is -2.03. The average molecular weight is 280 g/mol. The van der Waals surface area contributed by atoms with Crippen molar-refractivity contribution in [2.75, 3.05) is 0 Å². The van der Waals surface area contributed by atoms with E-state index >= 15 is 0 Å². The highest BCUT2D eigenvalue weighted by molar-refractivity contribution is 5.89. The van der Waals surface area contributed by atoms with E-state index in [9.17, 15) is 4.79 Å². The van der Waals surface area contributed by atoms with Crippen molar-refractivity contribution in [1.82, 2.24) is 0 Å². The Morgan fingerprint density at radius 3 is 2.48 bits per heavy atom. The molecular formula is C18H16O3. The molecule has 1 aromatic heterocycles. The van der Waals surface area contributed by atoms with Crippen LogP contribution in [0.3, 0.4) is 0 Å². The van der Waals surface area contributed by atoms with E-state index in [1.807, 2.05) is 61.5 Å². The summed E-state index contributed by atoms with van der Waals surface area (Å²) in [5.41, 5.74) is 2.74. The number of carbonyl (C=O) groups is 1. The van der Waals surface area contributed by atoms with Gasteiger partial charge in [-0.3, -0.25) is 4.79 Å². The fourth-order valence-corrected chi connectivity index (χ4v) is 2.72. The molecule has 1 atom stereocenters. The van der Waals surface area contributed by atoms with Gasteiger partial charge >= 0.3 is 5.97 Å². The van der Waals surface area contributed by atoms with Crippen LogP contribution in [0.15, 0.2) is 59.0 Å². The van der Waals surface area contributed by atoms with Gasteiger partial charge in [0, 0.05) is 16.5 Å². The van der Waals surface area contributed by atoms with Crippen molar-refractivity contribution < 1.29 is 14.3 Å². The molecule has 21 heavy (non-hydrogen) atoms. The van der Waals surface area contributed by atoms with Crippen LogP contribution in [0.2, 0.25) is 0 Å². The molecule has 0 saturated heterocycles. The summed E-state index contributed by atoms with van der Waals surface area (Å²) in [7, 11) is 0. The molecule has 2 aromatic carbocycles. The van der Waals surface area contributed by atoms with Crippen molar-refractivity contribution in [3.63, 3.8) is 0 Å². The highest BCUT2D eigenvalue weighted by atomic mass is 16.4. The van der Waals surface area contributed by atoms with Gasteiger partial charge in [0.15, 0.2) is 0 Å². The molecule has 1 unspecified atom stereocenters. The maximum Gasteiger partial charge on any atom is 0.303 e. The molecule has 106 valence electrons. The largest absolute Gasteiger partial charge is 0.481 e. The number of rotatable bonds is 4. The first-order valence-electron chi connectivity index (χ1n) is 6.95. The van der Waals surface area contributed by atoms with Crippen LogP contribution in [0.5, 0.6) is 0 Å². The summed E-state index contributed by atoms with van der Waals surface area (Å²) >= 11 is 0. The third kappa shape index (κ3) is 2.55. The zero-order valence-corrected chi connectivity index (χ0v) is 11.7. The first-order valence-corrected chi connectivity index (χ1v) is 6.95. The number of hydrogen-bond acceptors (Lipinski definition) is 2. The lowest BCUT2D eigenvalue weighted by molar-refractivity contribution is -0.137. The SMILES string of the molecule is CC(CC(=O)O)c1c(-c2ccccc2)oc2ccccc12. The maximum absolute atomic E-state index is 11.1. The Morgan fingerprint density at radius 2 is 1.76 bits per heavy atom. The number of fused-ring (bicyclic) bond motifs is 1. The topological polar surface area (TPSA) is 50.4 Å². The standard InChI is InChI=1S/C18H16O3/c1-12(11-16(19)20)17-14-9-5-6-10-15(14)21-18(17)13-7-3-2-4-8-13/h2-10,12H,11H2,1H3,(H,19,20). The molecule has 3 heteroatoms. The van der Waals surface area contributed by atoms with Gasteiger partial charge < -0.3 is 9.52 Å². The van der Waals surface area contributed by atoms with Crippen LogP contribution in [0.4, 0.5) is 0 Å². The number of hydrogen-bond donors (Lipinski definition) is 1. The predicted octanol–water partition coefficient (Wildman–Crippen LogP) is 4.68. The second-order valence-electron chi connectivity index (χ2n) is 5.21. The van der Waals surface area contributed by atoms with Crippen molar-refractivity contribution in [3.05, 3.63) is 60.2 Å². The van der Waals surface area contributed by atoms with Gasteiger partial charge in [0.2, 0.25) is 0 Å². The van der Waals surface area contributed by atoms with Crippen LogP contribution in [-0.4, -0.2) is 11.1 Å². The number of benzene rings is 2. The Morgan fingerprint density at radius 1 is 1.10 bits per heavy atom. The zero-order valence-electron chi connectivity index (χ0n) is 11.7. The second kappa shape index (κ2) is 5.44. The van der Waals surface area contributed by atoms with Crippen LogP contribution in [0, 0.1) is 0 Å². The van der Waals surface area contributed by atoms with Crippen molar-refractivity contribution >= 4 is 16.9 Å². The summed E-state index contributed by atoms with van der Waals surface area (Å²) in [6, 6.07) is 17.6. The summed E-state index contributed by atoms with van der Waals surface area (Å²) < 4.78 is 6.00. The Balaban J connectivity index is 2.21. The molecule has 1 N–H and O–H groups in total. The molecule has 0 radical (unpaired) electrons. The Hall–Kier alpha value is -2.55. The number of para-hydroxylation sites is 1. The second-order valence-corrected chi connectivity index (χ2v) is 5.21. The fraction of sp³-hybridized carbons (Fsp3) is 0.167. The monoisotopic (exact) mass is 280 g/mol. The number of carboxylic acids is 1. The lowest BCUT2D eigenvalue weighted by Gasteiger charge is -2.10. The van der Waals surface area contributed by atoms with E-state index in [1.54, 1.807) is 0 Å². The Bertz CT molecular complexity index is 772. The van der Waals surface area contributed by atoms with E-state index in [-0.39, 0.29) is 12.3 Å². The smallest absolute Gasteiger partial charge is 0.303 e. The minimum Gasteiger partial charge on any atom is -0.481 e. The third-order valence-corrected chi connectivity index (χ3v) is 3.64. The Kier molecular flexibility index (Phi) is 3.48. The Labute approximate surface area is 122 Å². The molecule has 1 heterocycles. The predicted molar refractivity (Wildman–Crippen MR) is 82.3 cm³/mol. The molecule has 0 amide bonds. The molecule has 0 aliphatic rings. The van der Waals surface area contributed by atoms with Gasteiger partial charge in [-0.15, -0.1) is 0 Å². The summed E-state index contributed by atoms with van der Waals surface area (Å²) in [6.07, 6.45) is 0.0867. The van der Waals surface area contributed by atoms with Crippen molar-refractivity contribution in [1.29, 1.82) is 0 Å². The summed E-state index contributed by atoms with van der Waals surface area (Å²) in [6.45, 7) is 1.93. The van der Waals surface area contributed by atoms with Crippen molar-refractivity contribution in [2.24, 2.45) is 0 Å². The molecule has 3 nitrogen and oxygen atoms in total. The average Bonchev–Trinajstić information content (AvgIpc) is 2.87. The van der Waals surface area contributed by atoms with E-state index in [0.29, 0.717) is 0 Å². The van der Waals surface area contributed by atoms with Gasteiger partial charge in [-0.05, 0) is 12.0 Å².